The molecule has 46 heavy (non-hydrogen) atoms. The van der Waals surface area contributed by atoms with Gasteiger partial charge in [-0.25, -0.2) is 0 Å². The molecule has 0 fully saturated rings. The quantitative estimate of drug-likeness (QED) is 0.116. The Bertz CT molecular complexity index is 2720. The van der Waals surface area contributed by atoms with Gasteiger partial charge < -0.3 is 9.47 Å². The van der Waals surface area contributed by atoms with Crippen molar-refractivity contribution in [3.8, 4) is 0 Å². The highest BCUT2D eigenvalue weighted by atomic mass is 16.5. The van der Waals surface area contributed by atoms with E-state index >= 15 is 0 Å². The second-order valence-corrected chi connectivity index (χ2v) is 12.5. The molecule has 0 radical (unpaired) electrons. The molecule has 0 aromatic heterocycles. The van der Waals surface area contributed by atoms with Crippen molar-refractivity contribution >= 4 is 109 Å². The zero-order valence-corrected chi connectivity index (χ0v) is 25.3. The summed E-state index contributed by atoms with van der Waals surface area (Å²) in [7, 11) is 0. The largest absolute Gasteiger partial charge is 0.461 e. The minimum atomic E-state index is -0.296. The Balaban J connectivity index is 1.63. The Morgan fingerprint density at radius 3 is 1.15 bits per heavy atom. The highest BCUT2D eigenvalue weighted by Gasteiger charge is 2.28. The molecule has 0 saturated heterocycles. The van der Waals surface area contributed by atoms with Crippen molar-refractivity contribution in [2.45, 2.75) is 27.1 Å². The first kappa shape index (κ1) is 25.6. The van der Waals surface area contributed by atoms with Crippen LogP contribution < -0.4 is 0 Å². The van der Waals surface area contributed by atoms with Crippen LogP contribution in [-0.2, 0) is 32.3 Å². The van der Waals surface area contributed by atoms with E-state index in [9.17, 15) is 9.59 Å². The van der Waals surface area contributed by atoms with Crippen LogP contribution in [0.3, 0.4) is 0 Å². The van der Waals surface area contributed by atoms with E-state index in [0.29, 0.717) is 0 Å². The molecule has 0 heterocycles. The van der Waals surface area contributed by atoms with Gasteiger partial charge in [0, 0.05) is 13.8 Å². The average Bonchev–Trinajstić information content (AvgIpc) is 3.08. The summed E-state index contributed by atoms with van der Waals surface area (Å²) < 4.78 is 11.4. The van der Waals surface area contributed by atoms with E-state index in [4.69, 9.17) is 9.47 Å². The van der Waals surface area contributed by atoms with E-state index in [1.54, 1.807) is 0 Å². The second kappa shape index (κ2) is 8.92. The molecule has 0 saturated carbocycles. The molecule has 10 rings (SSSR count). The molecule has 0 aliphatic heterocycles. The highest BCUT2D eigenvalue weighted by molar-refractivity contribution is 6.54. The molecule has 0 aliphatic carbocycles. The molecule has 218 valence electrons. The van der Waals surface area contributed by atoms with E-state index in [-0.39, 0.29) is 25.2 Å². The van der Waals surface area contributed by atoms with Crippen LogP contribution in [0, 0.1) is 0 Å². The molecule has 0 atom stereocenters. The third kappa shape index (κ3) is 3.13. The smallest absolute Gasteiger partial charge is 0.302 e. The SMILES string of the molecule is CC(=O)OCc1ccc2ccc3c4ccccc4c4c5c(COC(C)=O)ccc6ccc7c8ccccc8c8c1c2c3c4c8c7c65. The Morgan fingerprint density at radius 2 is 0.739 bits per heavy atom. The summed E-state index contributed by atoms with van der Waals surface area (Å²) in [6.45, 7) is 3.33. The number of rotatable bonds is 4. The van der Waals surface area contributed by atoms with E-state index in [0.717, 1.165) is 32.7 Å². The summed E-state index contributed by atoms with van der Waals surface area (Å²) in [6.07, 6.45) is 0. The first-order chi connectivity index (χ1) is 22.5. The van der Waals surface area contributed by atoms with Crippen LogP contribution in [0.25, 0.3) is 97.0 Å². The lowest BCUT2D eigenvalue weighted by Crippen LogP contribution is -2.03. The van der Waals surface area contributed by atoms with Crippen molar-refractivity contribution in [1.82, 2.24) is 0 Å². The van der Waals surface area contributed by atoms with E-state index < -0.39 is 0 Å². The molecule has 0 bridgehead atoms. The van der Waals surface area contributed by atoms with Gasteiger partial charge in [-0.1, -0.05) is 97.1 Å². The summed E-state index contributed by atoms with van der Waals surface area (Å²) in [6, 6.07) is 34.9. The summed E-state index contributed by atoms with van der Waals surface area (Å²) in [5.74, 6) is -0.591. The number of fused-ring (bicyclic) bond motifs is 8. The highest BCUT2D eigenvalue weighted by Crippen LogP contribution is 2.55. The fourth-order valence-corrected chi connectivity index (χ4v) is 8.47. The number of hydrogen-bond donors (Lipinski definition) is 0. The van der Waals surface area contributed by atoms with Gasteiger partial charge in [0.25, 0.3) is 0 Å². The summed E-state index contributed by atoms with van der Waals surface area (Å²) >= 11 is 0. The summed E-state index contributed by atoms with van der Waals surface area (Å²) in [4.78, 5) is 24.2. The predicted molar refractivity (Wildman–Crippen MR) is 188 cm³/mol. The molecule has 10 aromatic rings. The lowest BCUT2D eigenvalue weighted by atomic mass is 9.76. The third-order valence-corrected chi connectivity index (χ3v) is 10.1. The second-order valence-electron chi connectivity index (χ2n) is 12.5. The van der Waals surface area contributed by atoms with Crippen molar-refractivity contribution < 1.29 is 19.1 Å². The average molecular weight is 595 g/mol. The monoisotopic (exact) mass is 594 g/mol. The first-order valence-corrected chi connectivity index (χ1v) is 15.6. The molecule has 4 nitrogen and oxygen atoms in total. The minimum absolute atomic E-state index is 0.200. The normalized spacial score (nSPS) is 12.5. The third-order valence-electron chi connectivity index (χ3n) is 10.1. The summed E-state index contributed by atoms with van der Waals surface area (Å²) in [5.41, 5.74) is 2.00. The number of benzene rings is 10. The first-order valence-electron chi connectivity index (χ1n) is 15.6. The van der Waals surface area contributed by atoms with Gasteiger partial charge in [0.05, 0.1) is 0 Å². The van der Waals surface area contributed by atoms with E-state index in [2.05, 4.69) is 97.1 Å². The van der Waals surface area contributed by atoms with Crippen LogP contribution in [0.4, 0.5) is 0 Å². The topological polar surface area (TPSA) is 52.6 Å². The number of ether oxygens (including phenoxy) is 2. The van der Waals surface area contributed by atoms with Gasteiger partial charge >= 0.3 is 11.9 Å². The molecule has 0 spiro atoms. The fraction of sp³-hybridized carbons (Fsp3) is 0.0952. The van der Waals surface area contributed by atoms with E-state index in [1.165, 1.54) is 89.3 Å². The molecule has 0 aliphatic rings. The molecular weight excluding hydrogens is 568 g/mol. The lowest BCUT2D eigenvalue weighted by molar-refractivity contribution is -0.143. The Kier molecular flexibility index (Phi) is 4.96. The van der Waals surface area contributed by atoms with Crippen molar-refractivity contribution in [3.63, 3.8) is 0 Å². The Labute approximate surface area is 262 Å². The van der Waals surface area contributed by atoms with Crippen molar-refractivity contribution in [3.05, 3.63) is 108 Å². The number of carbonyl (C=O) groups excluding carboxylic acids is 2. The standard InChI is InChI=1S/C42H26O4/c1-21(43)45-19-25-13-11-23-15-17-31-28-8-4-6-10-30(28)38-36-26(20-46-22(2)44)14-12-24-16-18-32-27-7-3-5-9-29(27)37-35(25)33(23)39(31)42(38)41(37)40(32)34(24)36/h3-18H,19-20H2,1-2H3. The zero-order valence-electron chi connectivity index (χ0n) is 25.3. The van der Waals surface area contributed by atoms with Crippen molar-refractivity contribution in [2.24, 2.45) is 0 Å². The van der Waals surface area contributed by atoms with Gasteiger partial charge in [0.2, 0.25) is 0 Å². The van der Waals surface area contributed by atoms with Gasteiger partial charge in [-0.15, -0.1) is 0 Å². The zero-order chi connectivity index (χ0) is 30.8. The van der Waals surface area contributed by atoms with Gasteiger partial charge in [0.1, 0.15) is 13.2 Å². The maximum atomic E-state index is 12.1. The van der Waals surface area contributed by atoms with Crippen LogP contribution in [0.5, 0.6) is 0 Å². The molecule has 10 aromatic carbocycles. The van der Waals surface area contributed by atoms with Gasteiger partial charge in [0.15, 0.2) is 0 Å². The van der Waals surface area contributed by atoms with Crippen LogP contribution in [0.2, 0.25) is 0 Å². The molecule has 4 heteroatoms. The Hall–Kier alpha value is -5.74. The lowest BCUT2D eigenvalue weighted by Gasteiger charge is -2.26. The molecule has 0 amide bonds. The number of carbonyl (C=O) groups is 2. The number of esters is 2. The van der Waals surface area contributed by atoms with Crippen LogP contribution in [0.15, 0.2) is 97.1 Å². The molecular formula is C42H26O4. The van der Waals surface area contributed by atoms with Gasteiger partial charge in [-0.2, -0.15) is 0 Å². The van der Waals surface area contributed by atoms with Crippen LogP contribution in [-0.4, -0.2) is 11.9 Å². The number of hydrogen-bond acceptors (Lipinski definition) is 4. The van der Waals surface area contributed by atoms with Crippen molar-refractivity contribution in [2.75, 3.05) is 0 Å². The van der Waals surface area contributed by atoms with E-state index in [1.807, 2.05) is 0 Å². The maximum absolute atomic E-state index is 12.1. The molecule has 0 N–H and O–H groups in total. The minimum Gasteiger partial charge on any atom is -0.461 e. The maximum Gasteiger partial charge on any atom is 0.302 e. The predicted octanol–water partition coefficient (Wildman–Crippen LogP) is 10.5. The van der Waals surface area contributed by atoms with Gasteiger partial charge in [-0.05, 0) is 108 Å². The van der Waals surface area contributed by atoms with Gasteiger partial charge in [-0.3, -0.25) is 9.59 Å². The summed E-state index contributed by atoms with van der Waals surface area (Å²) in [5, 5.41) is 21.4. The van der Waals surface area contributed by atoms with Crippen LogP contribution in [0.1, 0.15) is 25.0 Å². The van der Waals surface area contributed by atoms with Crippen molar-refractivity contribution in [1.29, 1.82) is 0 Å². The molecule has 0 unspecified atom stereocenters. The Morgan fingerprint density at radius 1 is 0.391 bits per heavy atom. The van der Waals surface area contributed by atoms with Crippen LogP contribution >= 0.6 is 0 Å². The fourth-order valence-electron chi connectivity index (χ4n) is 8.47.